The molecule has 0 atom stereocenters. The number of pyridine rings is 1. The van der Waals surface area contributed by atoms with E-state index >= 15 is 0 Å². The van der Waals surface area contributed by atoms with Crippen molar-refractivity contribution in [3.63, 3.8) is 0 Å². The molecule has 0 saturated carbocycles. The average Bonchev–Trinajstić information content (AvgIpc) is 2.49. The van der Waals surface area contributed by atoms with Crippen molar-refractivity contribution in [2.45, 2.75) is 5.03 Å². The number of aromatic carboxylic acids is 1. The van der Waals surface area contributed by atoms with Gasteiger partial charge in [-0.3, -0.25) is 4.79 Å². The van der Waals surface area contributed by atoms with E-state index in [-0.39, 0.29) is 73.6 Å². The second-order valence-corrected chi connectivity index (χ2v) is 5.91. The molecule has 2 aromatic rings. The Morgan fingerprint density at radius 2 is 2.00 bits per heavy atom. The first-order chi connectivity index (χ1) is 10.5. The SMILES string of the molecule is O=C(CSc1ncccc1C(=O)[O-])Nc1cc(Cl)ccc1Cl.[K+]. The van der Waals surface area contributed by atoms with E-state index < -0.39 is 5.97 Å². The Labute approximate surface area is 189 Å². The Morgan fingerprint density at radius 1 is 1.26 bits per heavy atom. The van der Waals surface area contributed by atoms with Gasteiger partial charge in [0.05, 0.1) is 22.4 Å². The van der Waals surface area contributed by atoms with Gasteiger partial charge in [-0.25, -0.2) is 4.98 Å². The van der Waals surface area contributed by atoms with E-state index in [1.807, 2.05) is 0 Å². The molecule has 5 nitrogen and oxygen atoms in total. The summed E-state index contributed by atoms with van der Waals surface area (Å²) in [6, 6.07) is 7.56. The standard InChI is InChI=1S/C14H10Cl2N2O3S.K/c15-8-3-4-10(16)11(6-8)18-12(19)7-22-13-9(14(20)21)2-1-5-17-13;/h1-6H,7H2,(H,18,19)(H,20,21);/q;+1/p-1. The van der Waals surface area contributed by atoms with Crippen molar-refractivity contribution in [3.05, 3.63) is 52.1 Å². The Hall–Kier alpha value is -0.124. The largest absolute Gasteiger partial charge is 1.00 e. The zero-order valence-corrected chi connectivity index (χ0v) is 17.5. The predicted molar refractivity (Wildman–Crippen MR) is 84.4 cm³/mol. The number of carboxylic acid groups (broad SMARTS) is 1. The van der Waals surface area contributed by atoms with Gasteiger partial charge in [0.25, 0.3) is 0 Å². The van der Waals surface area contributed by atoms with Gasteiger partial charge < -0.3 is 15.2 Å². The van der Waals surface area contributed by atoms with Gasteiger partial charge in [-0.2, -0.15) is 0 Å². The summed E-state index contributed by atoms with van der Waals surface area (Å²) in [5.41, 5.74) is 0.335. The van der Waals surface area contributed by atoms with Crippen LogP contribution in [0.25, 0.3) is 0 Å². The number of carbonyl (C=O) groups excluding carboxylic acids is 2. The van der Waals surface area contributed by atoms with Gasteiger partial charge in [-0.05, 0) is 30.3 Å². The third-order valence-electron chi connectivity index (χ3n) is 2.53. The van der Waals surface area contributed by atoms with Crippen LogP contribution in [0.3, 0.4) is 0 Å². The molecular formula is C14H9Cl2KN2O3S. The van der Waals surface area contributed by atoms with Crippen LogP contribution in [0.2, 0.25) is 10.0 Å². The van der Waals surface area contributed by atoms with Crippen molar-refractivity contribution in [1.29, 1.82) is 0 Å². The number of rotatable bonds is 5. The summed E-state index contributed by atoms with van der Waals surface area (Å²) in [6.45, 7) is 0. The first kappa shape index (κ1) is 20.9. The number of nitrogens with zero attached hydrogens (tertiary/aromatic N) is 1. The third-order valence-corrected chi connectivity index (χ3v) is 4.10. The number of amides is 1. The van der Waals surface area contributed by atoms with E-state index in [1.54, 1.807) is 12.1 Å². The monoisotopic (exact) mass is 394 g/mol. The molecule has 0 bridgehead atoms. The molecule has 0 unspecified atom stereocenters. The van der Waals surface area contributed by atoms with Gasteiger partial charge in [0.1, 0.15) is 5.03 Å². The molecule has 0 aliphatic carbocycles. The number of benzene rings is 1. The molecule has 0 aliphatic heterocycles. The van der Waals surface area contributed by atoms with Crippen LogP contribution in [0.1, 0.15) is 10.4 Å². The summed E-state index contributed by atoms with van der Waals surface area (Å²) in [5, 5.41) is 14.6. The Balaban J connectivity index is 0.00000264. The molecule has 0 aliphatic rings. The summed E-state index contributed by atoms with van der Waals surface area (Å²) in [6.07, 6.45) is 1.44. The number of carboxylic acids is 1. The summed E-state index contributed by atoms with van der Waals surface area (Å²) < 4.78 is 0. The van der Waals surface area contributed by atoms with Gasteiger partial charge in [0, 0.05) is 16.8 Å². The number of hydrogen-bond acceptors (Lipinski definition) is 5. The summed E-state index contributed by atoms with van der Waals surface area (Å²) in [4.78, 5) is 26.8. The summed E-state index contributed by atoms with van der Waals surface area (Å²) >= 11 is 12.8. The van der Waals surface area contributed by atoms with Crippen LogP contribution >= 0.6 is 35.0 Å². The van der Waals surface area contributed by atoms with Crippen LogP contribution in [-0.2, 0) is 4.79 Å². The molecule has 1 N–H and O–H groups in total. The average molecular weight is 395 g/mol. The molecular weight excluding hydrogens is 386 g/mol. The number of carbonyl (C=O) groups is 2. The zero-order valence-electron chi connectivity index (χ0n) is 12.0. The van der Waals surface area contributed by atoms with Crippen LogP contribution in [-0.4, -0.2) is 22.6 Å². The van der Waals surface area contributed by atoms with Gasteiger partial charge in [-0.1, -0.05) is 35.0 Å². The smallest absolute Gasteiger partial charge is 0.545 e. The normalized spacial score (nSPS) is 9.83. The van der Waals surface area contributed by atoms with Crippen molar-refractivity contribution >= 4 is 52.5 Å². The molecule has 2 rings (SSSR count). The second kappa shape index (κ2) is 10.0. The molecule has 1 aromatic carbocycles. The van der Waals surface area contributed by atoms with Crippen LogP contribution in [0.4, 0.5) is 5.69 Å². The topological polar surface area (TPSA) is 82.1 Å². The zero-order chi connectivity index (χ0) is 16.1. The number of aromatic nitrogens is 1. The first-order valence-corrected chi connectivity index (χ1v) is 7.75. The molecule has 0 spiro atoms. The predicted octanol–water partition coefficient (Wildman–Crippen LogP) is -0.513. The molecule has 1 amide bonds. The maximum atomic E-state index is 11.9. The molecule has 1 heterocycles. The maximum Gasteiger partial charge on any atom is 1.00 e. The van der Waals surface area contributed by atoms with Crippen molar-refractivity contribution in [2.24, 2.45) is 0 Å². The number of thioether (sulfide) groups is 1. The number of halogens is 2. The van der Waals surface area contributed by atoms with E-state index in [4.69, 9.17) is 23.2 Å². The van der Waals surface area contributed by atoms with E-state index in [9.17, 15) is 14.7 Å². The second-order valence-electron chi connectivity index (χ2n) is 4.10. The first-order valence-electron chi connectivity index (χ1n) is 6.01. The minimum atomic E-state index is -1.34. The van der Waals surface area contributed by atoms with Gasteiger partial charge >= 0.3 is 51.4 Å². The third kappa shape index (κ3) is 6.36. The fourth-order valence-corrected chi connectivity index (χ4v) is 2.69. The molecule has 114 valence electrons. The van der Waals surface area contributed by atoms with Crippen molar-refractivity contribution in [1.82, 2.24) is 4.98 Å². The van der Waals surface area contributed by atoms with Gasteiger partial charge in [0.15, 0.2) is 0 Å². The molecule has 0 fully saturated rings. The number of hydrogen-bond donors (Lipinski definition) is 1. The molecule has 0 radical (unpaired) electrons. The maximum absolute atomic E-state index is 11.9. The van der Waals surface area contributed by atoms with E-state index in [2.05, 4.69) is 10.3 Å². The van der Waals surface area contributed by atoms with Crippen LogP contribution in [0, 0.1) is 0 Å². The molecule has 23 heavy (non-hydrogen) atoms. The van der Waals surface area contributed by atoms with Crippen molar-refractivity contribution in [2.75, 3.05) is 11.1 Å². The minimum Gasteiger partial charge on any atom is -0.545 e. The Bertz CT molecular complexity index is 731. The Kier molecular flexibility index (Phi) is 9.10. The Morgan fingerprint density at radius 3 is 2.70 bits per heavy atom. The van der Waals surface area contributed by atoms with E-state index in [0.717, 1.165) is 11.8 Å². The van der Waals surface area contributed by atoms with E-state index in [0.29, 0.717) is 15.7 Å². The van der Waals surface area contributed by atoms with E-state index in [1.165, 1.54) is 24.4 Å². The molecule has 0 saturated heterocycles. The van der Waals surface area contributed by atoms with Crippen LogP contribution in [0.5, 0.6) is 0 Å². The molecule has 9 heteroatoms. The summed E-state index contributed by atoms with van der Waals surface area (Å²) in [5.74, 6) is -1.72. The quantitative estimate of drug-likeness (QED) is 0.545. The van der Waals surface area contributed by atoms with Crippen molar-refractivity contribution in [3.8, 4) is 0 Å². The fraction of sp³-hybridized carbons (Fsp3) is 0.0714. The molecule has 1 aromatic heterocycles. The van der Waals surface area contributed by atoms with Gasteiger partial charge in [0.2, 0.25) is 5.91 Å². The van der Waals surface area contributed by atoms with Crippen LogP contribution in [0.15, 0.2) is 41.6 Å². The number of nitrogens with one attached hydrogen (secondary N) is 1. The number of anilines is 1. The fourth-order valence-electron chi connectivity index (χ4n) is 1.57. The van der Waals surface area contributed by atoms with Crippen molar-refractivity contribution < 1.29 is 66.1 Å². The van der Waals surface area contributed by atoms with Gasteiger partial charge in [-0.15, -0.1) is 0 Å². The minimum absolute atomic E-state index is 0. The summed E-state index contributed by atoms with van der Waals surface area (Å²) in [7, 11) is 0. The van der Waals surface area contributed by atoms with Crippen LogP contribution < -0.4 is 61.8 Å².